The monoisotopic (exact) mass is 424 g/mol. The standard InChI is InChI=1S/C28H28N2O2/c1-31-22-16-14-21(15-17-22)26-28(30-18-8-3-9-19-30)24-13-7-6-12-23(24)25(27(28)32-29-26)20-10-4-2-5-11-20/h2,4-7,10-17,25,27H,3,8-9,18-19H2,1H3/t25-,27+,28-/m0/s1. The van der Waals surface area contributed by atoms with Crippen molar-refractivity contribution in [3.8, 4) is 5.75 Å². The van der Waals surface area contributed by atoms with Gasteiger partial charge in [-0.25, -0.2) is 0 Å². The molecule has 162 valence electrons. The molecule has 1 fully saturated rings. The summed E-state index contributed by atoms with van der Waals surface area (Å²) in [6, 6.07) is 28.0. The summed E-state index contributed by atoms with van der Waals surface area (Å²) < 4.78 is 5.41. The van der Waals surface area contributed by atoms with E-state index in [-0.39, 0.29) is 17.6 Å². The van der Waals surface area contributed by atoms with Gasteiger partial charge in [0.1, 0.15) is 17.0 Å². The van der Waals surface area contributed by atoms with Gasteiger partial charge in [0.25, 0.3) is 0 Å². The maximum absolute atomic E-state index is 6.42. The van der Waals surface area contributed by atoms with Gasteiger partial charge in [-0.1, -0.05) is 66.2 Å². The second-order valence-corrected chi connectivity index (χ2v) is 8.98. The molecule has 4 heteroatoms. The van der Waals surface area contributed by atoms with Crippen molar-refractivity contribution >= 4 is 5.71 Å². The highest BCUT2D eigenvalue weighted by molar-refractivity contribution is 6.10. The molecule has 0 unspecified atom stereocenters. The fraction of sp³-hybridized carbons (Fsp3) is 0.321. The number of nitrogens with zero attached hydrogens (tertiary/aromatic N) is 2. The van der Waals surface area contributed by atoms with Crippen LogP contribution in [0.4, 0.5) is 0 Å². The number of hydrogen-bond donors (Lipinski definition) is 0. The Balaban J connectivity index is 1.57. The van der Waals surface area contributed by atoms with Crippen LogP contribution in [0.25, 0.3) is 0 Å². The zero-order valence-electron chi connectivity index (χ0n) is 18.4. The van der Waals surface area contributed by atoms with Gasteiger partial charge >= 0.3 is 0 Å². The van der Waals surface area contributed by atoms with Gasteiger partial charge in [0.05, 0.1) is 13.0 Å². The molecular weight excluding hydrogens is 396 g/mol. The van der Waals surface area contributed by atoms with Crippen LogP contribution in [0.15, 0.2) is 84.0 Å². The van der Waals surface area contributed by atoms with Crippen LogP contribution >= 0.6 is 0 Å². The second kappa shape index (κ2) is 7.79. The van der Waals surface area contributed by atoms with Crippen molar-refractivity contribution in [1.82, 2.24) is 4.90 Å². The van der Waals surface area contributed by atoms with Gasteiger partial charge in [0.2, 0.25) is 0 Å². The molecule has 3 atom stereocenters. The Morgan fingerprint density at radius 1 is 0.875 bits per heavy atom. The minimum absolute atomic E-state index is 0.0856. The van der Waals surface area contributed by atoms with Crippen LogP contribution in [0.3, 0.4) is 0 Å². The van der Waals surface area contributed by atoms with Crippen molar-refractivity contribution in [2.75, 3.05) is 20.2 Å². The van der Waals surface area contributed by atoms with Crippen LogP contribution in [0, 0.1) is 0 Å². The van der Waals surface area contributed by atoms with E-state index >= 15 is 0 Å². The Morgan fingerprint density at radius 2 is 1.59 bits per heavy atom. The predicted octanol–water partition coefficient (Wildman–Crippen LogP) is 5.33. The number of benzene rings is 3. The lowest BCUT2D eigenvalue weighted by Gasteiger charge is -2.44. The van der Waals surface area contributed by atoms with E-state index in [1.165, 1.54) is 36.0 Å². The summed E-state index contributed by atoms with van der Waals surface area (Å²) in [5.41, 5.74) is 5.73. The highest BCUT2D eigenvalue weighted by Gasteiger charge is 2.63. The topological polar surface area (TPSA) is 34.1 Å². The molecule has 0 aromatic heterocycles. The molecule has 0 N–H and O–H groups in total. The van der Waals surface area contributed by atoms with Crippen molar-refractivity contribution in [2.45, 2.75) is 36.8 Å². The molecule has 2 heterocycles. The van der Waals surface area contributed by atoms with E-state index in [0.29, 0.717) is 0 Å². The molecule has 3 aromatic carbocycles. The summed E-state index contributed by atoms with van der Waals surface area (Å²) in [6.07, 6.45) is 3.62. The Bertz CT molecular complexity index is 1140. The maximum Gasteiger partial charge on any atom is 0.166 e. The molecule has 3 aromatic rings. The van der Waals surface area contributed by atoms with Crippen molar-refractivity contribution < 1.29 is 9.57 Å². The average molecular weight is 425 g/mol. The molecule has 4 nitrogen and oxygen atoms in total. The van der Waals surface area contributed by atoms with Gasteiger partial charge in [-0.15, -0.1) is 0 Å². The molecular formula is C28H28N2O2. The average Bonchev–Trinajstić information content (AvgIpc) is 3.39. The zero-order valence-corrected chi connectivity index (χ0v) is 18.4. The van der Waals surface area contributed by atoms with E-state index in [1.54, 1.807) is 7.11 Å². The Morgan fingerprint density at radius 3 is 2.34 bits per heavy atom. The Hall–Kier alpha value is -3.11. The molecule has 0 amide bonds. The highest BCUT2D eigenvalue weighted by Crippen LogP contribution is 2.56. The lowest BCUT2D eigenvalue weighted by molar-refractivity contribution is -0.0174. The first-order valence-electron chi connectivity index (χ1n) is 11.6. The molecule has 6 rings (SSSR count). The van der Waals surface area contributed by atoms with E-state index < -0.39 is 0 Å². The number of fused-ring (bicyclic) bond motifs is 3. The molecule has 3 aliphatic rings. The molecule has 32 heavy (non-hydrogen) atoms. The predicted molar refractivity (Wildman–Crippen MR) is 126 cm³/mol. The summed E-state index contributed by atoms with van der Waals surface area (Å²) in [5.74, 6) is 1.000. The number of oxime groups is 1. The summed E-state index contributed by atoms with van der Waals surface area (Å²) in [5, 5.41) is 4.80. The van der Waals surface area contributed by atoms with Crippen molar-refractivity contribution in [2.24, 2.45) is 5.16 Å². The third kappa shape index (κ3) is 2.75. The second-order valence-electron chi connectivity index (χ2n) is 8.98. The molecule has 0 saturated carbocycles. The van der Waals surface area contributed by atoms with Crippen LogP contribution in [0.2, 0.25) is 0 Å². The molecule has 1 saturated heterocycles. The quantitative estimate of drug-likeness (QED) is 0.568. The van der Waals surface area contributed by atoms with Crippen molar-refractivity contribution in [1.29, 1.82) is 0 Å². The first-order valence-corrected chi connectivity index (χ1v) is 11.6. The van der Waals surface area contributed by atoms with Gasteiger partial charge < -0.3 is 9.57 Å². The van der Waals surface area contributed by atoms with E-state index in [1.807, 2.05) is 12.1 Å². The van der Waals surface area contributed by atoms with Gasteiger partial charge in [-0.3, -0.25) is 4.90 Å². The first kappa shape index (κ1) is 19.6. The van der Waals surface area contributed by atoms with Crippen LogP contribution < -0.4 is 4.74 Å². The van der Waals surface area contributed by atoms with E-state index in [9.17, 15) is 0 Å². The largest absolute Gasteiger partial charge is 0.497 e. The third-order valence-corrected chi connectivity index (χ3v) is 7.42. The molecule has 0 radical (unpaired) electrons. The number of methoxy groups -OCH3 is 1. The minimum Gasteiger partial charge on any atom is -0.497 e. The summed E-state index contributed by atoms with van der Waals surface area (Å²) >= 11 is 0. The number of likely N-dealkylation sites (tertiary alicyclic amines) is 1. The number of ether oxygens (including phenoxy) is 1. The van der Waals surface area contributed by atoms with E-state index in [2.05, 4.69) is 71.6 Å². The third-order valence-electron chi connectivity index (χ3n) is 7.42. The van der Waals surface area contributed by atoms with Gasteiger partial charge in [-0.05, 0) is 66.9 Å². The lowest BCUT2D eigenvalue weighted by atomic mass is 9.78. The van der Waals surface area contributed by atoms with Crippen LogP contribution in [0.5, 0.6) is 5.75 Å². The smallest absolute Gasteiger partial charge is 0.166 e. The number of hydrogen-bond acceptors (Lipinski definition) is 4. The van der Waals surface area contributed by atoms with Crippen LogP contribution in [0.1, 0.15) is 47.4 Å². The van der Waals surface area contributed by atoms with Crippen LogP contribution in [-0.4, -0.2) is 36.9 Å². The van der Waals surface area contributed by atoms with Gasteiger partial charge in [0.15, 0.2) is 6.10 Å². The molecule has 0 spiro atoms. The fourth-order valence-corrected chi connectivity index (χ4v) is 6.03. The Kier molecular flexibility index (Phi) is 4.76. The summed E-state index contributed by atoms with van der Waals surface area (Å²) in [7, 11) is 1.70. The molecule has 0 bridgehead atoms. The highest BCUT2D eigenvalue weighted by atomic mass is 16.6. The number of rotatable bonds is 4. The minimum atomic E-state index is -0.383. The van der Waals surface area contributed by atoms with Crippen molar-refractivity contribution in [3.63, 3.8) is 0 Å². The van der Waals surface area contributed by atoms with E-state index in [0.717, 1.165) is 30.1 Å². The SMILES string of the molecule is COc1ccc(C2=NO[C@@H]3[C@@H](c4ccccc4)c4ccccc4[C@]23N2CCCCC2)cc1. The molecule has 1 aliphatic carbocycles. The maximum atomic E-state index is 6.42. The summed E-state index contributed by atoms with van der Waals surface area (Å²) in [4.78, 5) is 9.07. The lowest BCUT2D eigenvalue weighted by Crippen LogP contribution is -2.57. The van der Waals surface area contributed by atoms with Crippen LogP contribution in [-0.2, 0) is 10.4 Å². The normalized spacial score (nSPS) is 26.7. The summed E-state index contributed by atoms with van der Waals surface area (Å²) in [6.45, 7) is 2.12. The van der Waals surface area contributed by atoms with Gasteiger partial charge in [-0.2, -0.15) is 0 Å². The Labute approximate surface area is 189 Å². The van der Waals surface area contributed by atoms with E-state index in [4.69, 9.17) is 14.7 Å². The van der Waals surface area contributed by atoms with Crippen molar-refractivity contribution in [3.05, 3.63) is 101 Å². The van der Waals surface area contributed by atoms with Gasteiger partial charge in [0, 0.05) is 5.56 Å². The fourth-order valence-electron chi connectivity index (χ4n) is 6.03. The molecule has 2 aliphatic heterocycles. The number of piperidine rings is 1. The first-order chi connectivity index (χ1) is 15.8. The zero-order chi connectivity index (χ0) is 21.5.